The van der Waals surface area contributed by atoms with Crippen LogP contribution in [0.5, 0.6) is 0 Å². The summed E-state index contributed by atoms with van der Waals surface area (Å²) in [4.78, 5) is 11.8. The van der Waals surface area contributed by atoms with Crippen molar-refractivity contribution in [1.29, 1.82) is 0 Å². The number of hydrazine groups is 1. The van der Waals surface area contributed by atoms with Gasteiger partial charge >= 0.3 is 6.03 Å². The standard InChI is InChI=1S/C6H6N4OS/c7-8-6(11)10-3-4-1-2-12-5(4)9-10/h1-3H,7H2,(H,8,11). The van der Waals surface area contributed by atoms with Crippen molar-refractivity contribution in [3.63, 3.8) is 0 Å². The molecule has 1 amide bonds. The van der Waals surface area contributed by atoms with Crippen molar-refractivity contribution < 1.29 is 4.79 Å². The Morgan fingerprint density at radius 1 is 1.75 bits per heavy atom. The highest BCUT2D eigenvalue weighted by molar-refractivity contribution is 7.16. The lowest BCUT2D eigenvalue weighted by Gasteiger charge is -1.94. The first-order valence-corrected chi connectivity index (χ1v) is 4.13. The van der Waals surface area contributed by atoms with E-state index in [4.69, 9.17) is 5.84 Å². The number of nitrogens with two attached hydrogens (primary N) is 1. The van der Waals surface area contributed by atoms with E-state index >= 15 is 0 Å². The minimum atomic E-state index is -0.432. The quantitative estimate of drug-likeness (QED) is 0.354. The third kappa shape index (κ3) is 0.973. The molecular weight excluding hydrogens is 176 g/mol. The van der Waals surface area contributed by atoms with Gasteiger partial charge in [-0.2, -0.15) is 9.78 Å². The smallest absolute Gasteiger partial charge is 0.274 e. The maximum atomic E-state index is 11.0. The molecule has 12 heavy (non-hydrogen) atoms. The van der Waals surface area contributed by atoms with Crippen LogP contribution in [0.1, 0.15) is 0 Å². The van der Waals surface area contributed by atoms with Crippen molar-refractivity contribution in [2.45, 2.75) is 0 Å². The summed E-state index contributed by atoms with van der Waals surface area (Å²) >= 11 is 1.48. The van der Waals surface area contributed by atoms with Crippen molar-refractivity contribution in [2.75, 3.05) is 0 Å². The van der Waals surface area contributed by atoms with E-state index in [1.807, 2.05) is 16.9 Å². The molecule has 0 atom stereocenters. The van der Waals surface area contributed by atoms with Gasteiger partial charge in [-0.1, -0.05) is 0 Å². The van der Waals surface area contributed by atoms with Crippen LogP contribution in [0, 0.1) is 0 Å². The van der Waals surface area contributed by atoms with Gasteiger partial charge in [0.1, 0.15) is 4.83 Å². The van der Waals surface area contributed by atoms with Gasteiger partial charge in [-0.05, 0) is 11.4 Å². The van der Waals surface area contributed by atoms with Crippen LogP contribution in [-0.2, 0) is 0 Å². The van der Waals surface area contributed by atoms with Gasteiger partial charge in [0, 0.05) is 11.6 Å². The molecule has 0 saturated carbocycles. The van der Waals surface area contributed by atoms with E-state index in [9.17, 15) is 4.79 Å². The number of aromatic nitrogens is 2. The fourth-order valence-electron chi connectivity index (χ4n) is 0.919. The summed E-state index contributed by atoms with van der Waals surface area (Å²) in [5, 5.41) is 6.85. The van der Waals surface area contributed by atoms with Gasteiger partial charge in [0.15, 0.2) is 0 Å². The van der Waals surface area contributed by atoms with Crippen molar-refractivity contribution in [3.8, 4) is 0 Å². The fraction of sp³-hybridized carbons (Fsp3) is 0. The van der Waals surface area contributed by atoms with Gasteiger partial charge in [-0.3, -0.25) is 5.43 Å². The maximum Gasteiger partial charge on any atom is 0.356 e. The summed E-state index contributed by atoms with van der Waals surface area (Å²) < 4.78 is 1.18. The molecule has 62 valence electrons. The highest BCUT2D eigenvalue weighted by Crippen LogP contribution is 2.17. The Labute approximate surface area is 71.7 Å². The van der Waals surface area contributed by atoms with Crippen LogP contribution in [0.15, 0.2) is 17.6 Å². The van der Waals surface area contributed by atoms with Crippen LogP contribution in [0.3, 0.4) is 0 Å². The molecule has 0 unspecified atom stereocenters. The monoisotopic (exact) mass is 182 g/mol. The molecule has 6 heteroatoms. The molecule has 0 saturated heterocycles. The molecule has 5 nitrogen and oxygen atoms in total. The number of carbonyl (C=O) groups excluding carboxylic acids is 1. The van der Waals surface area contributed by atoms with Crippen molar-refractivity contribution in [1.82, 2.24) is 15.2 Å². The molecule has 2 rings (SSSR count). The number of rotatable bonds is 0. The van der Waals surface area contributed by atoms with E-state index < -0.39 is 6.03 Å². The number of fused-ring (bicyclic) bond motifs is 1. The Morgan fingerprint density at radius 2 is 2.58 bits per heavy atom. The number of hydrogen-bond acceptors (Lipinski definition) is 4. The van der Waals surface area contributed by atoms with Crippen LogP contribution in [-0.4, -0.2) is 15.8 Å². The van der Waals surface area contributed by atoms with Crippen LogP contribution < -0.4 is 11.3 Å². The molecule has 0 spiro atoms. The largest absolute Gasteiger partial charge is 0.356 e. The number of nitrogens with zero attached hydrogens (tertiary/aromatic N) is 2. The van der Waals surface area contributed by atoms with Gasteiger partial charge in [0.2, 0.25) is 0 Å². The molecule has 0 bridgehead atoms. The molecule has 0 aliphatic carbocycles. The second-order valence-electron chi connectivity index (χ2n) is 2.20. The number of thiophene rings is 1. The zero-order chi connectivity index (χ0) is 8.55. The maximum absolute atomic E-state index is 11.0. The topological polar surface area (TPSA) is 72.9 Å². The first-order chi connectivity index (χ1) is 5.81. The van der Waals surface area contributed by atoms with E-state index in [2.05, 4.69) is 5.10 Å². The summed E-state index contributed by atoms with van der Waals surface area (Å²) in [5.74, 6) is 4.94. The summed E-state index contributed by atoms with van der Waals surface area (Å²) in [6.45, 7) is 0. The van der Waals surface area contributed by atoms with Crippen molar-refractivity contribution in [2.24, 2.45) is 5.84 Å². The summed E-state index contributed by atoms with van der Waals surface area (Å²) in [7, 11) is 0. The van der Waals surface area contributed by atoms with Gasteiger partial charge in [-0.25, -0.2) is 10.6 Å². The summed E-state index contributed by atoms with van der Waals surface area (Å²) in [6, 6.07) is 1.46. The van der Waals surface area contributed by atoms with Gasteiger partial charge in [-0.15, -0.1) is 11.3 Å². The SMILES string of the molecule is NNC(=O)n1cc2ccsc2n1. The lowest BCUT2D eigenvalue weighted by atomic mass is 10.5. The number of amides is 1. The van der Waals surface area contributed by atoms with Crippen LogP contribution in [0.4, 0.5) is 4.79 Å². The molecular formula is C6H6N4OS. The summed E-state index contributed by atoms with van der Waals surface area (Å²) in [6.07, 6.45) is 1.63. The average molecular weight is 182 g/mol. The lowest BCUT2D eigenvalue weighted by Crippen LogP contribution is -2.34. The van der Waals surface area contributed by atoms with Crippen molar-refractivity contribution >= 4 is 27.6 Å². The van der Waals surface area contributed by atoms with Crippen LogP contribution >= 0.6 is 11.3 Å². The lowest BCUT2D eigenvalue weighted by molar-refractivity contribution is 0.240. The van der Waals surface area contributed by atoms with Gasteiger partial charge in [0.05, 0.1) is 0 Å². The molecule has 2 aromatic heterocycles. The molecule has 0 radical (unpaired) electrons. The first kappa shape index (κ1) is 7.26. The second kappa shape index (κ2) is 2.58. The molecule has 3 N–H and O–H groups in total. The Balaban J connectivity index is 2.51. The van der Waals surface area contributed by atoms with E-state index in [0.717, 1.165) is 10.2 Å². The van der Waals surface area contributed by atoms with E-state index in [1.54, 1.807) is 6.20 Å². The molecule has 0 aromatic carbocycles. The number of nitrogen functional groups attached to an aromatic ring is 1. The van der Waals surface area contributed by atoms with Gasteiger partial charge in [0.25, 0.3) is 0 Å². The third-order valence-electron chi connectivity index (χ3n) is 1.47. The average Bonchev–Trinajstić information content (AvgIpc) is 2.60. The van der Waals surface area contributed by atoms with Gasteiger partial charge < -0.3 is 0 Å². The van der Waals surface area contributed by atoms with E-state index in [0.29, 0.717) is 0 Å². The van der Waals surface area contributed by atoms with Crippen LogP contribution in [0.25, 0.3) is 10.2 Å². The first-order valence-electron chi connectivity index (χ1n) is 3.25. The minimum Gasteiger partial charge on any atom is -0.274 e. The zero-order valence-corrected chi connectivity index (χ0v) is 6.84. The van der Waals surface area contributed by atoms with E-state index in [-0.39, 0.29) is 0 Å². The minimum absolute atomic E-state index is 0.432. The normalized spacial score (nSPS) is 10.4. The highest BCUT2D eigenvalue weighted by Gasteiger charge is 2.05. The second-order valence-corrected chi connectivity index (χ2v) is 3.10. The highest BCUT2D eigenvalue weighted by atomic mass is 32.1. The molecule has 0 fully saturated rings. The number of nitrogens with one attached hydrogen (secondary N) is 1. The predicted octanol–water partition coefficient (Wildman–Crippen LogP) is 0.529. The van der Waals surface area contributed by atoms with Crippen molar-refractivity contribution in [3.05, 3.63) is 17.6 Å². The fourth-order valence-corrected chi connectivity index (χ4v) is 1.65. The Kier molecular flexibility index (Phi) is 1.56. The zero-order valence-electron chi connectivity index (χ0n) is 6.02. The molecule has 0 aliphatic rings. The Bertz CT molecular complexity index is 389. The molecule has 2 aromatic rings. The number of carbonyl (C=O) groups is 1. The Morgan fingerprint density at radius 3 is 3.25 bits per heavy atom. The molecule has 0 aliphatic heterocycles. The molecule has 2 heterocycles. The predicted molar refractivity (Wildman–Crippen MR) is 45.7 cm³/mol. The number of hydrogen-bond donors (Lipinski definition) is 2. The van der Waals surface area contributed by atoms with E-state index in [1.165, 1.54) is 16.0 Å². The van der Waals surface area contributed by atoms with Crippen LogP contribution in [0.2, 0.25) is 0 Å². The Hall–Kier alpha value is -1.40. The summed E-state index contributed by atoms with van der Waals surface area (Å²) in [5.41, 5.74) is 2.00. The third-order valence-corrected chi connectivity index (χ3v) is 2.28.